The van der Waals surface area contributed by atoms with E-state index in [0.717, 1.165) is 33.9 Å². The molecule has 0 spiro atoms. The number of aliphatic carboxylic acids is 1. The Morgan fingerprint density at radius 2 is 2.06 bits per heavy atom. The van der Waals surface area contributed by atoms with E-state index in [1.807, 2.05) is 48.9 Å². The standard InChI is InChI=1S/C25H22FN5O3S/c1-13(2)31-11-17(14-3-6-20-15(9-14)7-8-34-20)22-23(27)29-25(30-24(22)31)28-19-5-4-16(10-18(19)26)35-12-21(32)33/h3-11,13H,12H2,1-2H3,(H,32,33)(H3,27,28,29,30). The second-order valence-corrected chi connectivity index (χ2v) is 9.35. The molecule has 0 amide bonds. The van der Waals surface area contributed by atoms with E-state index < -0.39 is 11.8 Å². The Balaban J connectivity index is 1.54. The molecule has 0 aliphatic heterocycles. The number of aromatic nitrogens is 3. The molecule has 5 aromatic rings. The number of nitrogen functional groups attached to an aromatic ring is 1. The first kappa shape index (κ1) is 22.7. The number of fused-ring (bicyclic) bond motifs is 2. The van der Waals surface area contributed by atoms with E-state index in [0.29, 0.717) is 15.9 Å². The van der Waals surface area contributed by atoms with Gasteiger partial charge < -0.3 is 25.1 Å². The van der Waals surface area contributed by atoms with Gasteiger partial charge in [-0.05, 0) is 55.8 Å². The summed E-state index contributed by atoms with van der Waals surface area (Å²) in [5.74, 6) is -1.22. The van der Waals surface area contributed by atoms with Gasteiger partial charge in [-0.2, -0.15) is 9.97 Å². The lowest BCUT2D eigenvalue weighted by Gasteiger charge is -2.11. The number of nitrogens with zero attached hydrogens (tertiary/aromatic N) is 3. The Bertz CT molecular complexity index is 1580. The molecule has 0 atom stereocenters. The first-order valence-corrected chi connectivity index (χ1v) is 11.9. The van der Waals surface area contributed by atoms with Gasteiger partial charge >= 0.3 is 5.97 Å². The molecule has 0 fully saturated rings. The van der Waals surface area contributed by atoms with Gasteiger partial charge in [0.2, 0.25) is 5.95 Å². The highest BCUT2D eigenvalue weighted by molar-refractivity contribution is 8.00. The molecule has 178 valence electrons. The van der Waals surface area contributed by atoms with Gasteiger partial charge in [-0.15, -0.1) is 11.8 Å². The lowest BCUT2D eigenvalue weighted by atomic mass is 10.0. The van der Waals surface area contributed by atoms with Crippen molar-refractivity contribution in [3.63, 3.8) is 0 Å². The molecule has 0 saturated carbocycles. The first-order valence-electron chi connectivity index (χ1n) is 10.9. The molecule has 0 saturated heterocycles. The number of nitrogens with one attached hydrogen (secondary N) is 1. The number of carbonyl (C=O) groups is 1. The van der Waals surface area contributed by atoms with Crippen molar-refractivity contribution in [1.29, 1.82) is 0 Å². The van der Waals surface area contributed by atoms with Gasteiger partial charge in [0, 0.05) is 28.1 Å². The molecular weight excluding hydrogens is 469 g/mol. The van der Waals surface area contributed by atoms with Gasteiger partial charge in [0.1, 0.15) is 22.9 Å². The normalized spacial score (nSPS) is 11.5. The number of anilines is 3. The van der Waals surface area contributed by atoms with Crippen LogP contribution in [0.4, 0.5) is 21.8 Å². The minimum Gasteiger partial charge on any atom is -0.481 e. The van der Waals surface area contributed by atoms with Crippen molar-refractivity contribution in [3.05, 3.63) is 60.7 Å². The number of nitrogens with two attached hydrogens (primary N) is 1. The predicted octanol–water partition coefficient (Wildman–Crippen LogP) is 6.07. The fourth-order valence-corrected chi connectivity index (χ4v) is 4.57. The van der Waals surface area contributed by atoms with Crippen LogP contribution in [0.25, 0.3) is 33.1 Å². The van der Waals surface area contributed by atoms with Crippen LogP contribution in [-0.4, -0.2) is 31.4 Å². The average Bonchev–Trinajstić information content (AvgIpc) is 3.43. The van der Waals surface area contributed by atoms with Crippen LogP contribution in [0.15, 0.2) is 64.2 Å². The molecule has 10 heteroatoms. The lowest BCUT2D eigenvalue weighted by molar-refractivity contribution is -0.133. The van der Waals surface area contributed by atoms with Crippen molar-refractivity contribution in [1.82, 2.24) is 14.5 Å². The second-order valence-electron chi connectivity index (χ2n) is 8.30. The summed E-state index contributed by atoms with van der Waals surface area (Å²) in [6.07, 6.45) is 3.65. The number of benzene rings is 2. The molecule has 5 rings (SSSR count). The molecule has 35 heavy (non-hydrogen) atoms. The van der Waals surface area contributed by atoms with Gasteiger partial charge in [0.25, 0.3) is 0 Å². The molecule has 3 aromatic heterocycles. The van der Waals surface area contributed by atoms with Crippen LogP contribution in [0.3, 0.4) is 0 Å². The minimum atomic E-state index is -0.966. The van der Waals surface area contributed by atoms with Crippen molar-refractivity contribution >= 4 is 57.2 Å². The van der Waals surface area contributed by atoms with Crippen LogP contribution in [0.2, 0.25) is 0 Å². The Morgan fingerprint density at radius 1 is 1.23 bits per heavy atom. The molecule has 3 heterocycles. The number of hydrogen-bond acceptors (Lipinski definition) is 7. The summed E-state index contributed by atoms with van der Waals surface area (Å²) in [5, 5.41) is 13.4. The smallest absolute Gasteiger partial charge is 0.313 e. The maximum absolute atomic E-state index is 14.7. The van der Waals surface area contributed by atoms with Gasteiger partial charge in [-0.25, -0.2) is 4.39 Å². The molecule has 0 radical (unpaired) electrons. The van der Waals surface area contributed by atoms with E-state index in [4.69, 9.17) is 15.3 Å². The van der Waals surface area contributed by atoms with Crippen LogP contribution in [0, 0.1) is 5.82 Å². The van der Waals surface area contributed by atoms with Crippen LogP contribution in [-0.2, 0) is 4.79 Å². The average molecular weight is 492 g/mol. The third kappa shape index (κ3) is 4.40. The van der Waals surface area contributed by atoms with Crippen molar-refractivity contribution in [2.24, 2.45) is 0 Å². The molecule has 0 aliphatic rings. The molecule has 8 nitrogen and oxygen atoms in total. The zero-order chi connectivity index (χ0) is 24.7. The SMILES string of the molecule is CC(C)n1cc(-c2ccc3occc3c2)c2c(N)nc(Nc3ccc(SCC(=O)O)cc3F)nc21. The fourth-order valence-electron chi connectivity index (χ4n) is 3.93. The van der Waals surface area contributed by atoms with E-state index in [2.05, 4.69) is 15.3 Å². The van der Waals surface area contributed by atoms with E-state index in [1.54, 1.807) is 12.3 Å². The van der Waals surface area contributed by atoms with Gasteiger partial charge in [-0.1, -0.05) is 6.07 Å². The highest BCUT2D eigenvalue weighted by Gasteiger charge is 2.19. The number of furan rings is 1. The number of thioether (sulfide) groups is 1. The third-order valence-corrected chi connectivity index (χ3v) is 6.55. The van der Waals surface area contributed by atoms with E-state index in [-0.39, 0.29) is 29.2 Å². The van der Waals surface area contributed by atoms with E-state index in [1.165, 1.54) is 12.1 Å². The lowest BCUT2D eigenvalue weighted by Crippen LogP contribution is -2.06. The second kappa shape index (κ2) is 8.95. The van der Waals surface area contributed by atoms with Gasteiger partial charge in [0.15, 0.2) is 0 Å². The maximum Gasteiger partial charge on any atom is 0.313 e. The van der Waals surface area contributed by atoms with Crippen molar-refractivity contribution < 1.29 is 18.7 Å². The number of rotatable bonds is 7. The first-order chi connectivity index (χ1) is 16.8. The fraction of sp³-hybridized carbons (Fsp3) is 0.160. The molecule has 0 aliphatic carbocycles. The van der Waals surface area contributed by atoms with Gasteiger partial charge in [0.05, 0.1) is 23.1 Å². The molecule has 0 unspecified atom stereocenters. The maximum atomic E-state index is 14.7. The number of hydrogen-bond donors (Lipinski definition) is 3. The summed E-state index contributed by atoms with van der Waals surface area (Å²) in [5.41, 5.74) is 9.85. The van der Waals surface area contributed by atoms with Crippen LogP contribution in [0.5, 0.6) is 0 Å². The Hall–Kier alpha value is -4.05. The van der Waals surface area contributed by atoms with Crippen molar-refractivity contribution in [2.75, 3.05) is 16.8 Å². The Morgan fingerprint density at radius 3 is 2.80 bits per heavy atom. The summed E-state index contributed by atoms with van der Waals surface area (Å²) in [4.78, 5) is 20.3. The third-order valence-electron chi connectivity index (χ3n) is 5.57. The minimum absolute atomic E-state index is 0.0911. The molecule has 2 aromatic carbocycles. The largest absolute Gasteiger partial charge is 0.481 e. The molecule has 4 N–H and O–H groups in total. The monoisotopic (exact) mass is 491 g/mol. The summed E-state index contributed by atoms with van der Waals surface area (Å²) >= 11 is 1.04. The summed E-state index contributed by atoms with van der Waals surface area (Å²) in [7, 11) is 0. The molecule has 0 bridgehead atoms. The summed E-state index contributed by atoms with van der Waals surface area (Å²) < 4.78 is 22.2. The quantitative estimate of drug-likeness (QED) is 0.235. The Labute approximate surface area is 204 Å². The van der Waals surface area contributed by atoms with Gasteiger partial charge in [-0.3, -0.25) is 4.79 Å². The van der Waals surface area contributed by atoms with Crippen LogP contribution < -0.4 is 11.1 Å². The van der Waals surface area contributed by atoms with Crippen molar-refractivity contribution in [2.45, 2.75) is 24.8 Å². The number of carboxylic acids is 1. The highest BCUT2D eigenvalue weighted by Crippen LogP contribution is 2.37. The molecular formula is C25H22FN5O3S. The Kier molecular flexibility index (Phi) is 5.81. The number of halogens is 1. The zero-order valence-corrected chi connectivity index (χ0v) is 19.8. The number of carboxylic acid groups (broad SMARTS) is 1. The van der Waals surface area contributed by atoms with Crippen molar-refractivity contribution in [3.8, 4) is 11.1 Å². The topological polar surface area (TPSA) is 119 Å². The zero-order valence-electron chi connectivity index (χ0n) is 18.9. The van der Waals surface area contributed by atoms with Crippen LogP contribution >= 0.6 is 11.8 Å². The predicted molar refractivity (Wildman–Crippen MR) is 136 cm³/mol. The van der Waals surface area contributed by atoms with E-state index >= 15 is 0 Å². The van der Waals surface area contributed by atoms with Crippen LogP contribution in [0.1, 0.15) is 19.9 Å². The summed E-state index contributed by atoms with van der Waals surface area (Å²) in [6, 6.07) is 12.4. The summed E-state index contributed by atoms with van der Waals surface area (Å²) in [6.45, 7) is 4.09. The van der Waals surface area contributed by atoms with E-state index in [9.17, 15) is 9.18 Å². The highest BCUT2D eigenvalue weighted by atomic mass is 32.2.